The Morgan fingerprint density at radius 1 is 1.47 bits per heavy atom. The third-order valence-corrected chi connectivity index (χ3v) is 3.28. The first-order valence-corrected chi connectivity index (χ1v) is 6.10. The van der Waals surface area contributed by atoms with Crippen LogP contribution in [0.2, 0.25) is 0 Å². The fraction of sp³-hybridized carbons (Fsp3) is 0.667. The lowest BCUT2D eigenvalue weighted by atomic mass is 10.1. The zero-order valence-corrected chi connectivity index (χ0v) is 10.6. The van der Waals surface area contributed by atoms with Gasteiger partial charge in [-0.15, -0.1) is 0 Å². The molecule has 2 rings (SSSR count). The summed E-state index contributed by atoms with van der Waals surface area (Å²) in [5, 5.41) is 0. The van der Waals surface area contributed by atoms with Crippen LogP contribution in [0.1, 0.15) is 11.5 Å². The van der Waals surface area contributed by atoms with Crippen molar-refractivity contribution in [3.8, 4) is 0 Å². The van der Waals surface area contributed by atoms with E-state index in [0.717, 1.165) is 37.7 Å². The number of nitrogens with zero attached hydrogens (tertiary/aromatic N) is 4. The van der Waals surface area contributed by atoms with Gasteiger partial charge >= 0.3 is 0 Å². The smallest absolute Gasteiger partial charge is 0.125 e. The van der Waals surface area contributed by atoms with E-state index in [2.05, 4.69) is 26.8 Å². The van der Waals surface area contributed by atoms with Gasteiger partial charge in [0, 0.05) is 45.0 Å². The quantitative estimate of drug-likeness (QED) is 0.790. The highest BCUT2D eigenvalue weighted by Gasteiger charge is 2.24. The Labute approximate surface area is 103 Å². The van der Waals surface area contributed by atoms with Crippen LogP contribution in [0.25, 0.3) is 0 Å². The van der Waals surface area contributed by atoms with Crippen molar-refractivity contribution < 1.29 is 0 Å². The van der Waals surface area contributed by atoms with Crippen molar-refractivity contribution in [2.75, 3.05) is 33.2 Å². The first-order chi connectivity index (χ1) is 8.19. The molecule has 1 aromatic rings. The molecule has 0 bridgehead atoms. The van der Waals surface area contributed by atoms with E-state index in [-0.39, 0.29) is 0 Å². The molecule has 5 heteroatoms. The van der Waals surface area contributed by atoms with Gasteiger partial charge in [-0.05, 0) is 20.0 Å². The van der Waals surface area contributed by atoms with Gasteiger partial charge < -0.3 is 10.6 Å². The standard InChI is InChI=1S/C12H21N5/c1-10-14-4-3-11(15-10)8-17-6-5-16(2)9-12(17)7-13/h3-4,12H,5-9,13H2,1-2H3. The topological polar surface area (TPSA) is 58.3 Å². The maximum Gasteiger partial charge on any atom is 0.125 e. The molecule has 2 N–H and O–H groups in total. The normalized spacial score (nSPS) is 22.9. The molecule has 0 radical (unpaired) electrons. The molecule has 1 fully saturated rings. The minimum absolute atomic E-state index is 0.434. The second-order valence-electron chi connectivity index (χ2n) is 4.72. The van der Waals surface area contributed by atoms with Crippen LogP contribution in [0.15, 0.2) is 12.3 Å². The molecule has 1 aromatic heterocycles. The Kier molecular flexibility index (Phi) is 4.04. The van der Waals surface area contributed by atoms with Crippen molar-refractivity contribution in [3.05, 3.63) is 23.8 Å². The first kappa shape index (κ1) is 12.4. The van der Waals surface area contributed by atoms with E-state index in [1.807, 2.05) is 19.2 Å². The highest BCUT2D eigenvalue weighted by Crippen LogP contribution is 2.11. The molecule has 0 spiro atoms. The number of piperazine rings is 1. The summed E-state index contributed by atoms with van der Waals surface area (Å²) in [5.41, 5.74) is 6.92. The molecule has 1 saturated heterocycles. The van der Waals surface area contributed by atoms with Gasteiger partial charge in [-0.3, -0.25) is 4.90 Å². The molecule has 17 heavy (non-hydrogen) atoms. The Hall–Kier alpha value is -1.04. The lowest BCUT2D eigenvalue weighted by Gasteiger charge is -2.39. The van der Waals surface area contributed by atoms with E-state index in [1.165, 1.54) is 0 Å². The van der Waals surface area contributed by atoms with E-state index in [4.69, 9.17) is 5.73 Å². The highest BCUT2D eigenvalue weighted by molar-refractivity contribution is 5.02. The Morgan fingerprint density at radius 3 is 3.00 bits per heavy atom. The fourth-order valence-electron chi connectivity index (χ4n) is 2.28. The zero-order valence-electron chi connectivity index (χ0n) is 10.6. The lowest BCUT2D eigenvalue weighted by molar-refractivity contribution is 0.0869. The van der Waals surface area contributed by atoms with E-state index < -0.39 is 0 Å². The number of likely N-dealkylation sites (N-methyl/N-ethyl adjacent to an activating group) is 1. The minimum atomic E-state index is 0.434. The third kappa shape index (κ3) is 3.21. The molecule has 2 heterocycles. The van der Waals surface area contributed by atoms with Crippen molar-refractivity contribution in [3.63, 3.8) is 0 Å². The number of hydrogen-bond donors (Lipinski definition) is 1. The molecule has 5 nitrogen and oxygen atoms in total. The van der Waals surface area contributed by atoms with Crippen LogP contribution < -0.4 is 5.73 Å². The van der Waals surface area contributed by atoms with Crippen molar-refractivity contribution in [1.82, 2.24) is 19.8 Å². The van der Waals surface area contributed by atoms with Crippen molar-refractivity contribution in [2.45, 2.75) is 19.5 Å². The zero-order chi connectivity index (χ0) is 12.3. The van der Waals surface area contributed by atoms with Crippen LogP contribution in [-0.4, -0.2) is 59.0 Å². The molecule has 0 saturated carbocycles. The summed E-state index contributed by atoms with van der Waals surface area (Å²) < 4.78 is 0. The van der Waals surface area contributed by atoms with E-state index >= 15 is 0 Å². The molecule has 1 aliphatic heterocycles. The third-order valence-electron chi connectivity index (χ3n) is 3.28. The molecular weight excluding hydrogens is 214 g/mol. The Bertz CT molecular complexity index is 368. The van der Waals surface area contributed by atoms with E-state index in [9.17, 15) is 0 Å². The SMILES string of the molecule is Cc1nccc(CN2CCN(C)CC2CN)n1. The predicted molar refractivity (Wildman–Crippen MR) is 67.5 cm³/mol. The van der Waals surface area contributed by atoms with Crippen molar-refractivity contribution in [1.29, 1.82) is 0 Å². The van der Waals surface area contributed by atoms with Crippen LogP contribution in [0.5, 0.6) is 0 Å². The average molecular weight is 235 g/mol. The van der Waals surface area contributed by atoms with Gasteiger partial charge in [-0.25, -0.2) is 9.97 Å². The second-order valence-corrected chi connectivity index (χ2v) is 4.72. The number of aromatic nitrogens is 2. The molecule has 94 valence electrons. The molecule has 0 aliphatic carbocycles. The van der Waals surface area contributed by atoms with Crippen LogP contribution in [0.4, 0.5) is 0 Å². The molecule has 0 aromatic carbocycles. The summed E-state index contributed by atoms with van der Waals surface area (Å²) in [6, 6.07) is 2.42. The summed E-state index contributed by atoms with van der Waals surface area (Å²) in [7, 11) is 2.15. The van der Waals surface area contributed by atoms with Gasteiger partial charge in [0.1, 0.15) is 5.82 Å². The van der Waals surface area contributed by atoms with Gasteiger partial charge in [-0.1, -0.05) is 0 Å². The van der Waals surface area contributed by atoms with Crippen LogP contribution in [0.3, 0.4) is 0 Å². The Balaban J connectivity index is 2.02. The van der Waals surface area contributed by atoms with Gasteiger partial charge in [0.05, 0.1) is 5.69 Å². The fourth-order valence-corrected chi connectivity index (χ4v) is 2.28. The number of hydrogen-bond acceptors (Lipinski definition) is 5. The molecule has 0 amide bonds. The monoisotopic (exact) mass is 235 g/mol. The van der Waals surface area contributed by atoms with E-state index in [1.54, 1.807) is 0 Å². The van der Waals surface area contributed by atoms with Gasteiger partial charge in [0.25, 0.3) is 0 Å². The molecule has 1 unspecified atom stereocenters. The highest BCUT2D eigenvalue weighted by atomic mass is 15.3. The first-order valence-electron chi connectivity index (χ1n) is 6.10. The largest absolute Gasteiger partial charge is 0.329 e. The second kappa shape index (κ2) is 5.53. The maximum absolute atomic E-state index is 5.84. The minimum Gasteiger partial charge on any atom is -0.329 e. The van der Waals surface area contributed by atoms with Crippen LogP contribution in [0, 0.1) is 6.92 Å². The summed E-state index contributed by atoms with van der Waals surface area (Å²) in [5.74, 6) is 0.834. The van der Waals surface area contributed by atoms with Crippen LogP contribution >= 0.6 is 0 Å². The van der Waals surface area contributed by atoms with Gasteiger partial charge in [-0.2, -0.15) is 0 Å². The van der Waals surface area contributed by atoms with Crippen LogP contribution in [-0.2, 0) is 6.54 Å². The maximum atomic E-state index is 5.84. The molecule has 1 aliphatic rings. The van der Waals surface area contributed by atoms with Gasteiger partial charge in [0.2, 0.25) is 0 Å². The number of rotatable bonds is 3. The summed E-state index contributed by atoms with van der Waals surface area (Å²) in [4.78, 5) is 13.3. The number of aryl methyl sites for hydroxylation is 1. The summed E-state index contributed by atoms with van der Waals surface area (Å²) in [6.07, 6.45) is 1.82. The molecular formula is C12H21N5. The summed E-state index contributed by atoms with van der Waals surface area (Å²) in [6.45, 7) is 6.70. The Morgan fingerprint density at radius 2 is 2.29 bits per heavy atom. The molecule has 1 atom stereocenters. The van der Waals surface area contributed by atoms with Crippen molar-refractivity contribution >= 4 is 0 Å². The average Bonchev–Trinajstić information content (AvgIpc) is 2.31. The van der Waals surface area contributed by atoms with Gasteiger partial charge in [0.15, 0.2) is 0 Å². The summed E-state index contributed by atoms with van der Waals surface area (Å²) >= 11 is 0. The predicted octanol–water partition coefficient (Wildman–Crippen LogP) is -0.140. The van der Waals surface area contributed by atoms with E-state index in [0.29, 0.717) is 12.6 Å². The number of nitrogens with two attached hydrogens (primary N) is 1. The lowest BCUT2D eigenvalue weighted by Crippen LogP contribution is -2.54. The van der Waals surface area contributed by atoms with Crippen molar-refractivity contribution in [2.24, 2.45) is 5.73 Å².